The van der Waals surface area contributed by atoms with Gasteiger partial charge in [-0.1, -0.05) is 0 Å². The Morgan fingerprint density at radius 3 is 1.88 bits per heavy atom. The van der Waals surface area contributed by atoms with E-state index < -0.39 is 40.6 Å². The van der Waals surface area contributed by atoms with Crippen LogP contribution in [-0.4, -0.2) is 14.0 Å². The van der Waals surface area contributed by atoms with Crippen LogP contribution in [0.5, 0.6) is 5.75 Å². The normalized spacial score (nSPS) is 10.2. The molecule has 16 heavy (non-hydrogen) atoms. The SMILES string of the molecule is [B-]c1c(F)c(F)c(F)c(OC(C)C)c1F.[K+]. The molecule has 0 atom stereocenters. The van der Waals surface area contributed by atoms with Crippen LogP contribution in [0, 0.1) is 23.3 Å². The van der Waals surface area contributed by atoms with Crippen LogP contribution in [-0.2, 0) is 0 Å². The van der Waals surface area contributed by atoms with Gasteiger partial charge in [0.2, 0.25) is 5.82 Å². The molecule has 1 rings (SSSR count). The van der Waals surface area contributed by atoms with Gasteiger partial charge >= 0.3 is 51.4 Å². The first kappa shape index (κ1) is 16.4. The first-order valence-electron chi connectivity index (χ1n) is 4.14. The fourth-order valence-electron chi connectivity index (χ4n) is 0.968. The monoisotopic (exact) mass is 257 g/mol. The minimum atomic E-state index is -1.84. The van der Waals surface area contributed by atoms with E-state index in [2.05, 4.69) is 4.74 Å². The predicted octanol–water partition coefficient (Wildman–Crippen LogP) is -1.17. The fraction of sp³-hybridized carbons (Fsp3) is 0.333. The van der Waals surface area contributed by atoms with Gasteiger partial charge in [-0.15, -0.1) is 0 Å². The summed E-state index contributed by atoms with van der Waals surface area (Å²) < 4.78 is 56.4. The molecule has 0 heterocycles. The van der Waals surface area contributed by atoms with Crippen molar-refractivity contribution >= 4 is 13.3 Å². The maximum Gasteiger partial charge on any atom is 1.00 e. The molecule has 1 nitrogen and oxygen atoms in total. The number of ether oxygens (including phenoxy) is 1. The Kier molecular flexibility index (Phi) is 6.57. The quantitative estimate of drug-likeness (QED) is 0.281. The number of hydrogen-bond acceptors (Lipinski definition) is 1. The summed E-state index contributed by atoms with van der Waals surface area (Å²) in [5, 5.41) is 0. The maximum atomic E-state index is 13.2. The van der Waals surface area contributed by atoms with Gasteiger partial charge in [0, 0.05) is 0 Å². The van der Waals surface area contributed by atoms with Gasteiger partial charge in [-0.3, -0.25) is 0 Å². The zero-order chi connectivity index (χ0) is 11.7. The fourth-order valence-corrected chi connectivity index (χ4v) is 0.968. The molecule has 0 saturated heterocycles. The maximum absolute atomic E-state index is 13.2. The Labute approximate surface area is 134 Å². The van der Waals surface area contributed by atoms with Crippen LogP contribution in [0.3, 0.4) is 0 Å². The molecule has 0 aliphatic heterocycles. The van der Waals surface area contributed by atoms with Crippen molar-refractivity contribution < 1.29 is 73.7 Å². The van der Waals surface area contributed by atoms with Crippen molar-refractivity contribution in [3.05, 3.63) is 23.3 Å². The van der Waals surface area contributed by atoms with E-state index in [1.165, 1.54) is 13.8 Å². The molecule has 1 aromatic rings. The molecule has 0 amide bonds. The zero-order valence-electron chi connectivity index (χ0n) is 9.07. The van der Waals surface area contributed by atoms with Crippen LogP contribution in [0.25, 0.3) is 0 Å². The minimum Gasteiger partial charge on any atom is -0.572 e. The molecule has 0 unspecified atom stereocenters. The summed E-state index contributed by atoms with van der Waals surface area (Å²) in [5.74, 6) is -7.74. The molecular formula is C9H7BF4KO. The zero-order valence-corrected chi connectivity index (χ0v) is 12.2. The average molecular weight is 257 g/mol. The summed E-state index contributed by atoms with van der Waals surface area (Å²) in [5.41, 5.74) is -1.09. The van der Waals surface area contributed by atoms with Crippen LogP contribution < -0.4 is 61.6 Å². The molecule has 7 heteroatoms. The summed E-state index contributed by atoms with van der Waals surface area (Å²) in [6, 6.07) is 0. The Morgan fingerprint density at radius 2 is 1.44 bits per heavy atom. The van der Waals surface area contributed by atoms with E-state index in [4.69, 9.17) is 7.85 Å². The van der Waals surface area contributed by atoms with Crippen molar-refractivity contribution in [1.29, 1.82) is 0 Å². The van der Waals surface area contributed by atoms with E-state index in [0.29, 0.717) is 0 Å². The van der Waals surface area contributed by atoms with E-state index in [9.17, 15) is 17.6 Å². The van der Waals surface area contributed by atoms with E-state index in [1.807, 2.05) is 0 Å². The van der Waals surface area contributed by atoms with Crippen LogP contribution in [0.1, 0.15) is 13.8 Å². The van der Waals surface area contributed by atoms with Gasteiger partial charge in [0.1, 0.15) is 11.6 Å². The van der Waals surface area contributed by atoms with Gasteiger partial charge in [0.25, 0.3) is 0 Å². The third kappa shape index (κ3) is 3.23. The Morgan fingerprint density at radius 1 is 0.938 bits per heavy atom. The molecule has 1 aromatic carbocycles. The van der Waals surface area contributed by atoms with Gasteiger partial charge in [-0.05, 0) is 13.8 Å². The largest absolute Gasteiger partial charge is 1.00 e. The standard InChI is InChI=1S/C9H7BF4O.K/c1-3(2)15-9-6(12)4(10)5(11)7(13)8(9)14;/h3H,1-2H3;/q-1;+1. The van der Waals surface area contributed by atoms with Crippen molar-refractivity contribution in [2.75, 3.05) is 0 Å². The van der Waals surface area contributed by atoms with Gasteiger partial charge in [0.05, 0.1) is 6.10 Å². The predicted molar refractivity (Wildman–Crippen MR) is 47.4 cm³/mol. The van der Waals surface area contributed by atoms with Crippen molar-refractivity contribution in [1.82, 2.24) is 0 Å². The molecule has 3 radical (unpaired) electrons. The van der Waals surface area contributed by atoms with Crippen molar-refractivity contribution in [3.63, 3.8) is 0 Å². The first-order valence-corrected chi connectivity index (χ1v) is 4.14. The second kappa shape index (κ2) is 6.39. The van der Waals surface area contributed by atoms with Crippen molar-refractivity contribution in [2.24, 2.45) is 0 Å². The Bertz CT molecular complexity index is 369. The molecule has 0 N–H and O–H groups in total. The van der Waals surface area contributed by atoms with Gasteiger partial charge in [0.15, 0.2) is 11.6 Å². The number of rotatable bonds is 2. The van der Waals surface area contributed by atoms with Crippen LogP contribution in [0.2, 0.25) is 0 Å². The smallest absolute Gasteiger partial charge is 0.572 e. The Hall–Kier alpha value is 0.441. The summed E-state index contributed by atoms with van der Waals surface area (Å²) in [7, 11) is 4.89. The van der Waals surface area contributed by atoms with Crippen molar-refractivity contribution in [3.8, 4) is 5.75 Å². The van der Waals surface area contributed by atoms with E-state index in [1.54, 1.807) is 0 Å². The molecule has 0 fully saturated rings. The van der Waals surface area contributed by atoms with Crippen LogP contribution in [0.4, 0.5) is 17.6 Å². The molecule has 0 aromatic heterocycles. The van der Waals surface area contributed by atoms with Crippen LogP contribution >= 0.6 is 0 Å². The van der Waals surface area contributed by atoms with Gasteiger partial charge < -0.3 is 12.6 Å². The molecule has 0 spiro atoms. The summed E-state index contributed by atoms with van der Waals surface area (Å²) >= 11 is 0. The summed E-state index contributed by atoms with van der Waals surface area (Å²) in [4.78, 5) is 0. The second-order valence-electron chi connectivity index (χ2n) is 3.17. The molecule has 0 aliphatic carbocycles. The van der Waals surface area contributed by atoms with Gasteiger partial charge in [-0.2, -0.15) is 4.39 Å². The molecule has 81 valence electrons. The van der Waals surface area contributed by atoms with Crippen molar-refractivity contribution in [2.45, 2.75) is 20.0 Å². The summed E-state index contributed by atoms with van der Waals surface area (Å²) in [6.07, 6.45) is -0.585. The molecule has 0 aliphatic rings. The van der Waals surface area contributed by atoms with E-state index in [-0.39, 0.29) is 51.4 Å². The molecular weight excluding hydrogens is 250 g/mol. The number of halogens is 4. The minimum absolute atomic E-state index is 0. The second-order valence-corrected chi connectivity index (χ2v) is 3.17. The molecule has 0 bridgehead atoms. The topological polar surface area (TPSA) is 9.23 Å². The van der Waals surface area contributed by atoms with E-state index >= 15 is 0 Å². The van der Waals surface area contributed by atoms with Gasteiger partial charge in [-0.25, -0.2) is 18.6 Å². The number of hydrogen-bond donors (Lipinski definition) is 0. The van der Waals surface area contributed by atoms with E-state index in [0.717, 1.165) is 0 Å². The third-order valence-electron chi connectivity index (χ3n) is 1.61. The van der Waals surface area contributed by atoms with Crippen LogP contribution in [0.15, 0.2) is 0 Å². The first-order chi connectivity index (χ1) is 6.86. The Balaban J connectivity index is 0.00000225. The average Bonchev–Trinajstić information content (AvgIpc) is 2.18. The molecule has 0 saturated carbocycles. The third-order valence-corrected chi connectivity index (χ3v) is 1.61. The number of benzene rings is 1. The summed E-state index contributed by atoms with van der Waals surface area (Å²) in [6.45, 7) is 2.96.